The molecule has 0 saturated heterocycles. The van der Waals surface area contributed by atoms with Crippen LogP contribution >= 0.6 is 0 Å². The molecule has 0 aromatic carbocycles. The summed E-state index contributed by atoms with van der Waals surface area (Å²) >= 11 is 0. The van der Waals surface area contributed by atoms with Crippen molar-refractivity contribution in [2.24, 2.45) is 0 Å². The zero-order valence-electron chi connectivity index (χ0n) is 13.6. The van der Waals surface area contributed by atoms with Gasteiger partial charge >= 0.3 is 12.0 Å². The van der Waals surface area contributed by atoms with Gasteiger partial charge in [0.2, 0.25) is 0 Å². The summed E-state index contributed by atoms with van der Waals surface area (Å²) in [5.41, 5.74) is 0. The van der Waals surface area contributed by atoms with Gasteiger partial charge in [0.15, 0.2) is 6.10 Å². The first kappa shape index (κ1) is 19.7. The molecular weight excluding hydrogens is 274 g/mol. The van der Waals surface area contributed by atoms with Crippen LogP contribution in [0.5, 0.6) is 0 Å². The number of carbonyl (C=O) groups is 2. The first-order valence-corrected chi connectivity index (χ1v) is 7.50. The fraction of sp³-hybridized carbons (Fsp3) is 0.857. The molecule has 21 heavy (non-hydrogen) atoms. The second-order valence-corrected chi connectivity index (χ2v) is 4.71. The number of carbonyl (C=O) groups excluding carboxylic acids is 1. The van der Waals surface area contributed by atoms with E-state index in [2.05, 4.69) is 24.1 Å². The van der Waals surface area contributed by atoms with E-state index in [0.717, 1.165) is 26.1 Å². The number of hydrogen-bond acceptors (Lipinski definition) is 4. The van der Waals surface area contributed by atoms with Gasteiger partial charge in [0.25, 0.3) is 0 Å². The van der Waals surface area contributed by atoms with Gasteiger partial charge < -0.3 is 25.0 Å². The predicted molar refractivity (Wildman–Crippen MR) is 81.5 cm³/mol. The fourth-order valence-electron chi connectivity index (χ4n) is 1.99. The van der Waals surface area contributed by atoms with Gasteiger partial charge in [-0.1, -0.05) is 13.8 Å². The number of ether oxygens (including phenoxy) is 1. The number of aliphatic carboxylic acids is 1. The molecule has 0 rings (SSSR count). The minimum absolute atomic E-state index is 0.0305. The van der Waals surface area contributed by atoms with Gasteiger partial charge in [-0.2, -0.15) is 0 Å². The molecule has 1 atom stereocenters. The Kier molecular flexibility index (Phi) is 10.6. The number of methoxy groups -OCH3 is 1. The van der Waals surface area contributed by atoms with Crippen molar-refractivity contribution in [3.8, 4) is 0 Å². The van der Waals surface area contributed by atoms with E-state index in [-0.39, 0.29) is 12.6 Å². The van der Waals surface area contributed by atoms with Gasteiger partial charge in [0, 0.05) is 20.2 Å². The molecule has 0 spiro atoms. The van der Waals surface area contributed by atoms with Crippen molar-refractivity contribution < 1.29 is 19.4 Å². The molecule has 0 heterocycles. The number of amides is 2. The minimum Gasteiger partial charge on any atom is -0.479 e. The molecule has 2 N–H and O–H groups in total. The van der Waals surface area contributed by atoms with Crippen molar-refractivity contribution in [3.05, 3.63) is 0 Å². The number of rotatable bonds is 11. The lowest BCUT2D eigenvalue weighted by Gasteiger charge is -2.24. The Bertz CT molecular complexity index is 309. The summed E-state index contributed by atoms with van der Waals surface area (Å²) in [5.74, 6) is -1.08. The number of nitrogens with zero attached hydrogens (tertiary/aromatic N) is 2. The minimum atomic E-state index is -1.08. The maximum atomic E-state index is 12.0. The highest BCUT2D eigenvalue weighted by atomic mass is 16.5. The molecule has 0 aromatic heterocycles. The largest absolute Gasteiger partial charge is 0.479 e. The van der Waals surface area contributed by atoms with Gasteiger partial charge in [-0.15, -0.1) is 0 Å². The van der Waals surface area contributed by atoms with Crippen molar-refractivity contribution in [2.75, 3.05) is 46.4 Å². The molecule has 0 aliphatic carbocycles. The molecule has 7 nitrogen and oxygen atoms in total. The van der Waals surface area contributed by atoms with Crippen LogP contribution in [0.15, 0.2) is 0 Å². The summed E-state index contributed by atoms with van der Waals surface area (Å²) in [4.78, 5) is 26.8. The molecule has 1 unspecified atom stereocenters. The molecule has 0 saturated carbocycles. The molecule has 0 aromatic rings. The van der Waals surface area contributed by atoms with E-state index in [0.29, 0.717) is 13.1 Å². The van der Waals surface area contributed by atoms with Gasteiger partial charge in [-0.05, 0) is 33.0 Å². The van der Waals surface area contributed by atoms with Crippen LogP contribution in [0.4, 0.5) is 4.79 Å². The summed E-state index contributed by atoms with van der Waals surface area (Å²) in [5, 5.41) is 11.4. The number of nitrogens with one attached hydrogen (secondary N) is 1. The fourth-order valence-corrected chi connectivity index (χ4v) is 1.99. The summed E-state index contributed by atoms with van der Waals surface area (Å²) < 4.78 is 4.78. The average molecular weight is 303 g/mol. The molecule has 2 amide bonds. The highest BCUT2D eigenvalue weighted by Crippen LogP contribution is 1.97. The first-order valence-electron chi connectivity index (χ1n) is 7.50. The summed E-state index contributed by atoms with van der Waals surface area (Å²) in [6.45, 7) is 10.3. The van der Waals surface area contributed by atoms with E-state index < -0.39 is 12.1 Å². The summed E-state index contributed by atoms with van der Waals surface area (Å²) in [6.07, 6.45) is -0.112. The summed E-state index contributed by atoms with van der Waals surface area (Å²) in [6, 6.07) is -0.250. The molecule has 0 bridgehead atoms. The van der Waals surface area contributed by atoms with Crippen LogP contribution in [0.3, 0.4) is 0 Å². The number of carboxylic acids is 1. The Balaban J connectivity index is 4.15. The van der Waals surface area contributed by atoms with Crippen LogP contribution < -0.4 is 5.32 Å². The van der Waals surface area contributed by atoms with Crippen molar-refractivity contribution in [1.29, 1.82) is 0 Å². The quantitative estimate of drug-likeness (QED) is 0.591. The maximum absolute atomic E-state index is 12.0. The highest BCUT2D eigenvalue weighted by Gasteiger charge is 2.19. The third-order valence-electron chi connectivity index (χ3n) is 3.46. The molecular formula is C14H29N3O4. The van der Waals surface area contributed by atoms with Crippen LogP contribution in [0.2, 0.25) is 0 Å². The van der Waals surface area contributed by atoms with E-state index in [1.165, 1.54) is 7.11 Å². The Morgan fingerprint density at radius 2 is 1.76 bits per heavy atom. The first-order chi connectivity index (χ1) is 9.99. The average Bonchev–Trinajstić information content (AvgIpc) is 2.47. The van der Waals surface area contributed by atoms with Crippen LogP contribution in [0.25, 0.3) is 0 Å². The Hall–Kier alpha value is -1.34. The van der Waals surface area contributed by atoms with Gasteiger partial charge in [-0.25, -0.2) is 9.59 Å². The highest BCUT2D eigenvalue weighted by molar-refractivity contribution is 5.76. The van der Waals surface area contributed by atoms with Crippen LogP contribution in [-0.2, 0) is 9.53 Å². The Labute approximate surface area is 127 Å². The zero-order chi connectivity index (χ0) is 16.3. The topological polar surface area (TPSA) is 82.1 Å². The molecule has 124 valence electrons. The third-order valence-corrected chi connectivity index (χ3v) is 3.46. The van der Waals surface area contributed by atoms with E-state index in [1.54, 1.807) is 4.90 Å². The predicted octanol–water partition coefficient (Wildman–Crippen LogP) is 0.849. The lowest BCUT2D eigenvalue weighted by atomic mass is 10.3. The maximum Gasteiger partial charge on any atom is 0.334 e. The molecule has 0 fully saturated rings. The number of hydrogen-bond donors (Lipinski definition) is 2. The van der Waals surface area contributed by atoms with E-state index in [9.17, 15) is 9.59 Å². The monoisotopic (exact) mass is 303 g/mol. The smallest absolute Gasteiger partial charge is 0.334 e. The van der Waals surface area contributed by atoms with Gasteiger partial charge in [-0.3, -0.25) is 0 Å². The van der Waals surface area contributed by atoms with Crippen LogP contribution in [0.1, 0.15) is 27.2 Å². The SMILES string of the molecule is CCN(CC)CCCN(CC)C(=O)NCC(OC)C(=O)O. The molecule has 7 heteroatoms. The Morgan fingerprint density at radius 1 is 1.14 bits per heavy atom. The standard InChI is InChI=1S/C14H29N3O4/c1-5-16(6-2)9-8-10-17(7-3)14(20)15-11-12(21-4)13(18)19/h12H,5-11H2,1-4H3,(H,15,20)(H,18,19). The van der Waals surface area contributed by atoms with E-state index in [4.69, 9.17) is 9.84 Å². The molecule has 0 radical (unpaired) electrons. The van der Waals surface area contributed by atoms with Crippen LogP contribution in [-0.4, -0.2) is 79.4 Å². The number of urea groups is 1. The van der Waals surface area contributed by atoms with E-state index in [1.807, 2.05) is 6.92 Å². The van der Waals surface area contributed by atoms with Gasteiger partial charge in [0.1, 0.15) is 0 Å². The lowest BCUT2D eigenvalue weighted by molar-refractivity contribution is -0.148. The third kappa shape index (κ3) is 7.87. The van der Waals surface area contributed by atoms with Crippen LogP contribution in [0, 0.1) is 0 Å². The zero-order valence-corrected chi connectivity index (χ0v) is 13.6. The normalized spacial score (nSPS) is 12.2. The van der Waals surface area contributed by atoms with Crippen molar-refractivity contribution >= 4 is 12.0 Å². The lowest BCUT2D eigenvalue weighted by Crippen LogP contribution is -2.45. The Morgan fingerprint density at radius 3 is 2.19 bits per heavy atom. The van der Waals surface area contributed by atoms with Gasteiger partial charge in [0.05, 0.1) is 6.54 Å². The molecule has 0 aliphatic heterocycles. The second kappa shape index (κ2) is 11.3. The van der Waals surface area contributed by atoms with E-state index >= 15 is 0 Å². The number of carboxylic acid groups (broad SMARTS) is 1. The summed E-state index contributed by atoms with van der Waals surface area (Å²) in [7, 11) is 1.31. The second-order valence-electron chi connectivity index (χ2n) is 4.71. The van der Waals surface area contributed by atoms with Crippen molar-refractivity contribution in [2.45, 2.75) is 33.3 Å². The van der Waals surface area contributed by atoms with Crippen molar-refractivity contribution in [3.63, 3.8) is 0 Å². The van der Waals surface area contributed by atoms with Crippen molar-refractivity contribution in [1.82, 2.24) is 15.1 Å². The molecule has 0 aliphatic rings.